The second kappa shape index (κ2) is 4.98. The lowest BCUT2D eigenvalue weighted by Crippen LogP contribution is -2.50. The van der Waals surface area contributed by atoms with Crippen molar-refractivity contribution >= 4 is 11.8 Å². The van der Waals surface area contributed by atoms with Gasteiger partial charge in [0.1, 0.15) is 6.04 Å². The van der Waals surface area contributed by atoms with E-state index in [1.165, 1.54) is 0 Å². The standard InChI is InChI=1S/C10H18N2O2/c1-7(2)6-9(13)12-8-4-3-5-11-10(8)14/h7-8H,3-6H2,1-2H3,(H,11,14)(H,12,13). The molecule has 2 N–H and O–H groups in total. The maximum Gasteiger partial charge on any atom is 0.242 e. The molecule has 1 heterocycles. The number of rotatable bonds is 3. The molecule has 4 heteroatoms. The topological polar surface area (TPSA) is 58.2 Å². The minimum atomic E-state index is -0.310. The van der Waals surface area contributed by atoms with Gasteiger partial charge in [-0.2, -0.15) is 0 Å². The van der Waals surface area contributed by atoms with Crippen LogP contribution in [0.3, 0.4) is 0 Å². The van der Waals surface area contributed by atoms with Crippen molar-refractivity contribution in [3.63, 3.8) is 0 Å². The molecule has 1 rings (SSSR count). The first-order valence-electron chi connectivity index (χ1n) is 5.16. The Labute approximate surface area is 84.4 Å². The molecule has 0 aromatic rings. The van der Waals surface area contributed by atoms with Gasteiger partial charge in [-0.1, -0.05) is 13.8 Å². The van der Waals surface area contributed by atoms with Gasteiger partial charge in [0.05, 0.1) is 0 Å². The average molecular weight is 198 g/mol. The number of nitrogens with one attached hydrogen (secondary N) is 2. The van der Waals surface area contributed by atoms with Crippen LogP contribution in [-0.4, -0.2) is 24.4 Å². The van der Waals surface area contributed by atoms with Crippen LogP contribution in [0.2, 0.25) is 0 Å². The molecule has 2 amide bonds. The summed E-state index contributed by atoms with van der Waals surface area (Å²) in [5.41, 5.74) is 0. The van der Waals surface area contributed by atoms with Crippen molar-refractivity contribution in [2.24, 2.45) is 5.92 Å². The van der Waals surface area contributed by atoms with Gasteiger partial charge < -0.3 is 10.6 Å². The summed E-state index contributed by atoms with van der Waals surface area (Å²) in [5, 5.41) is 5.49. The van der Waals surface area contributed by atoms with Gasteiger partial charge in [0.25, 0.3) is 0 Å². The van der Waals surface area contributed by atoms with E-state index in [1.807, 2.05) is 13.8 Å². The van der Waals surface area contributed by atoms with Gasteiger partial charge in [-0.05, 0) is 18.8 Å². The summed E-state index contributed by atoms with van der Waals surface area (Å²) in [6.07, 6.45) is 2.19. The second-order valence-electron chi connectivity index (χ2n) is 4.15. The van der Waals surface area contributed by atoms with E-state index < -0.39 is 0 Å². The van der Waals surface area contributed by atoms with Crippen molar-refractivity contribution < 1.29 is 9.59 Å². The van der Waals surface area contributed by atoms with Gasteiger partial charge in [0.2, 0.25) is 11.8 Å². The van der Waals surface area contributed by atoms with Crippen molar-refractivity contribution in [3.8, 4) is 0 Å². The number of hydrogen-bond donors (Lipinski definition) is 2. The Morgan fingerprint density at radius 2 is 2.36 bits per heavy atom. The third-order valence-corrected chi connectivity index (χ3v) is 2.21. The molecule has 0 bridgehead atoms. The number of carbonyl (C=O) groups is 2. The molecule has 0 aromatic heterocycles. The Kier molecular flexibility index (Phi) is 3.92. The van der Waals surface area contributed by atoms with Crippen LogP contribution in [0.5, 0.6) is 0 Å². The summed E-state index contributed by atoms with van der Waals surface area (Å²) in [4.78, 5) is 22.7. The molecule has 1 aliphatic rings. The van der Waals surface area contributed by atoms with Crippen molar-refractivity contribution in [1.29, 1.82) is 0 Å². The van der Waals surface area contributed by atoms with Gasteiger partial charge in [0, 0.05) is 13.0 Å². The average Bonchev–Trinajstić information content (AvgIpc) is 2.07. The molecule has 80 valence electrons. The third-order valence-electron chi connectivity index (χ3n) is 2.21. The normalized spacial score (nSPS) is 21.9. The number of piperidine rings is 1. The maximum atomic E-state index is 11.4. The van der Waals surface area contributed by atoms with Crippen LogP contribution in [0.4, 0.5) is 0 Å². The molecule has 1 saturated heterocycles. The smallest absolute Gasteiger partial charge is 0.242 e. The summed E-state index contributed by atoms with van der Waals surface area (Å²) < 4.78 is 0. The second-order valence-corrected chi connectivity index (χ2v) is 4.15. The minimum absolute atomic E-state index is 0.0259. The van der Waals surface area contributed by atoms with E-state index >= 15 is 0 Å². The van der Waals surface area contributed by atoms with Crippen molar-refractivity contribution in [1.82, 2.24) is 10.6 Å². The fourth-order valence-corrected chi connectivity index (χ4v) is 1.53. The lowest BCUT2D eigenvalue weighted by Gasteiger charge is -2.23. The first-order chi connectivity index (χ1) is 6.59. The van der Waals surface area contributed by atoms with Crippen LogP contribution in [0.1, 0.15) is 33.1 Å². The zero-order chi connectivity index (χ0) is 10.6. The number of amides is 2. The molecule has 0 aliphatic carbocycles. The monoisotopic (exact) mass is 198 g/mol. The molecule has 14 heavy (non-hydrogen) atoms. The van der Waals surface area contributed by atoms with Crippen LogP contribution >= 0.6 is 0 Å². The molecule has 0 spiro atoms. The first kappa shape index (κ1) is 11.0. The predicted octanol–water partition coefficient (Wildman–Crippen LogP) is 0.427. The Bertz CT molecular complexity index is 226. The van der Waals surface area contributed by atoms with Crippen LogP contribution in [-0.2, 0) is 9.59 Å². The summed E-state index contributed by atoms with van der Waals surface area (Å²) in [6.45, 7) is 4.70. The number of hydrogen-bond acceptors (Lipinski definition) is 2. The van der Waals surface area contributed by atoms with Crippen LogP contribution in [0, 0.1) is 5.92 Å². The summed E-state index contributed by atoms with van der Waals surface area (Å²) in [7, 11) is 0. The van der Waals surface area contributed by atoms with E-state index in [0.717, 1.165) is 19.4 Å². The van der Waals surface area contributed by atoms with Gasteiger partial charge in [-0.3, -0.25) is 9.59 Å². The Hall–Kier alpha value is -1.06. The highest BCUT2D eigenvalue weighted by Crippen LogP contribution is 2.05. The highest BCUT2D eigenvalue weighted by molar-refractivity contribution is 5.88. The summed E-state index contributed by atoms with van der Waals surface area (Å²) in [6, 6.07) is -0.310. The molecule has 0 saturated carbocycles. The third kappa shape index (κ3) is 3.36. The van der Waals surface area contributed by atoms with E-state index in [2.05, 4.69) is 10.6 Å². The molecule has 1 atom stereocenters. The molecular weight excluding hydrogens is 180 g/mol. The Balaban J connectivity index is 2.34. The van der Waals surface area contributed by atoms with Crippen LogP contribution in [0.15, 0.2) is 0 Å². The van der Waals surface area contributed by atoms with Gasteiger partial charge in [-0.25, -0.2) is 0 Å². The summed E-state index contributed by atoms with van der Waals surface area (Å²) in [5.74, 6) is 0.261. The highest BCUT2D eigenvalue weighted by atomic mass is 16.2. The largest absolute Gasteiger partial charge is 0.354 e. The van der Waals surface area contributed by atoms with Crippen LogP contribution < -0.4 is 10.6 Å². The van der Waals surface area contributed by atoms with Gasteiger partial charge in [-0.15, -0.1) is 0 Å². The summed E-state index contributed by atoms with van der Waals surface area (Å²) >= 11 is 0. The fourth-order valence-electron chi connectivity index (χ4n) is 1.53. The van der Waals surface area contributed by atoms with E-state index in [0.29, 0.717) is 12.3 Å². The van der Waals surface area contributed by atoms with Gasteiger partial charge >= 0.3 is 0 Å². The van der Waals surface area contributed by atoms with Gasteiger partial charge in [0.15, 0.2) is 0 Å². The molecule has 1 unspecified atom stereocenters. The zero-order valence-electron chi connectivity index (χ0n) is 8.80. The molecule has 0 aromatic carbocycles. The maximum absolute atomic E-state index is 11.4. The van der Waals surface area contributed by atoms with Crippen molar-refractivity contribution in [2.75, 3.05) is 6.54 Å². The fraction of sp³-hybridized carbons (Fsp3) is 0.800. The lowest BCUT2D eigenvalue weighted by molar-refractivity contribution is -0.130. The molecule has 4 nitrogen and oxygen atoms in total. The van der Waals surface area contributed by atoms with E-state index in [4.69, 9.17) is 0 Å². The van der Waals surface area contributed by atoms with E-state index in [1.54, 1.807) is 0 Å². The first-order valence-corrected chi connectivity index (χ1v) is 5.16. The van der Waals surface area contributed by atoms with Crippen molar-refractivity contribution in [2.45, 2.75) is 39.2 Å². The Morgan fingerprint density at radius 3 is 2.93 bits per heavy atom. The molecule has 0 radical (unpaired) electrons. The molecule has 1 aliphatic heterocycles. The SMILES string of the molecule is CC(C)CC(=O)NC1CCCNC1=O. The minimum Gasteiger partial charge on any atom is -0.354 e. The predicted molar refractivity (Wildman–Crippen MR) is 53.6 cm³/mol. The quantitative estimate of drug-likeness (QED) is 0.690. The van der Waals surface area contributed by atoms with E-state index in [9.17, 15) is 9.59 Å². The van der Waals surface area contributed by atoms with E-state index in [-0.39, 0.29) is 17.9 Å². The molecular formula is C10H18N2O2. The zero-order valence-corrected chi connectivity index (χ0v) is 8.80. The lowest BCUT2D eigenvalue weighted by atomic mass is 10.1. The van der Waals surface area contributed by atoms with Crippen molar-refractivity contribution in [3.05, 3.63) is 0 Å². The van der Waals surface area contributed by atoms with Crippen LogP contribution in [0.25, 0.3) is 0 Å². The number of carbonyl (C=O) groups excluding carboxylic acids is 2. The Morgan fingerprint density at radius 1 is 1.64 bits per heavy atom. The molecule has 1 fully saturated rings. The highest BCUT2D eigenvalue weighted by Gasteiger charge is 2.23.